The van der Waals surface area contributed by atoms with Gasteiger partial charge < -0.3 is 15.5 Å². The van der Waals surface area contributed by atoms with Crippen molar-refractivity contribution in [2.24, 2.45) is 0 Å². The summed E-state index contributed by atoms with van der Waals surface area (Å²) in [5, 5.41) is 0.549. The summed E-state index contributed by atoms with van der Waals surface area (Å²) < 4.78 is 0. The lowest BCUT2D eigenvalue weighted by molar-refractivity contribution is 0.647. The van der Waals surface area contributed by atoms with Gasteiger partial charge in [-0.15, -0.1) is 0 Å². The maximum Gasteiger partial charge on any atom is 0.222 e. The molecule has 0 unspecified atom stereocenters. The highest BCUT2D eigenvalue weighted by Crippen LogP contribution is 2.25. The molecular formula is C15H18ClN5. The molecule has 5 nitrogen and oxygen atoms in total. The summed E-state index contributed by atoms with van der Waals surface area (Å²) >= 11 is 6.17. The number of halogens is 1. The van der Waals surface area contributed by atoms with E-state index in [0.29, 0.717) is 5.02 Å². The van der Waals surface area contributed by atoms with E-state index in [1.165, 1.54) is 11.3 Å². The summed E-state index contributed by atoms with van der Waals surface area (Å²) in [6.07, 6.45) is 1.56. The highest BCUT2D eigenvalue weighted by Gasteiger charge is 2.20. The van der Waals surface area contributed by atoms with Crippen LogP contribution in [-0.4, -0.2) is 36.1 Å². The highest BCUT2D eigenvalue weighted by molar-refractivity contribution is 6.32. The Kier molecular flexibility index (Phi) is 3.84. The molecule has 1 aliphatic heterocycles. The van der Waals surface area contributed by atoms with Crippen molar-refractivity contribution in [2.75, 3.05) is 41.7 Å². The van der Waals surface area contributed by atoms with E-state index in [0.717, 1.165) is 32.0 Å². The number of aromatic nitrogens is 2. The number of nitrogens with two attached hydrogens (primary N) is 1. The topological polar surface area (TPSA) is 58.3 Å². The average molecular weight is 304 g/mol. The fourth-order valence-electron chi connectivity index (χ4n) is 2.59. The minimum atomic E-state index is 0.260. The Morgan fingerprint density at radius 2 is 1.86 bits per heavy atom. The van der Waals surface area contributed by atoms with E-state index in [-0.39, 0.29) is 5.95 Å². The van der Waals surface area contributed by atoms with Crippen molar-refractivity contribution in [1.82, 2.24) is 9.97 Å². The van der Waals surface area contributed by atoms with Gasteiger partial charge in [-0.05, 0) is 24.6 Å². The first-order valence-corrected chi connectivity index (χ1v) is 7.36. The largest absolute Gasteiger partial charge is 0.368 e. The van der Waals surface area contributed by atoms with E-state index in [4.69, 9.17) is 17.3 Å². The Morgan fingerprint density at radius 3 is 2.57 bits per heavy atom. The molecule has 0 radical (unpaired) electrons. The zero-order valence-electron chi connectivity index (χ0n) is 12.0. The van der Waals surface area contributed by atoms with Gasteiger partial charge in [-0.2, -0.15) is 4.98 Å². The molecule has 0 bridgehead atoms. The molecule has 1 fully saturated rings. The molecule has 6 heteroatoms. The van der Waals surface area contributed by atoms with Crippen LogP contribution in [0, 0.1) is 6.92 Å². The number of aryl methyl sites for hydroxylation is 1. The van der Waals surface area contributed by atoms with Crippen LogP contribution in [0.1, 0.15) is 5.56 Å². The number of nitrogens with zero attached hydrogens (tertiary/aromatic N) is 4. The van der Waals surface area contributed by atoms with Crippen molar-refractivity contribution >= 4 is 29.1 Å². The van der Waals surface area contributed by atoms with E-state index in [9.17, 15) is 0 Å². The van der Waals surface area contributed by atoms with Crippen LogP contribution < -0.4 is 15.5 Å². The Hall–Kier alpha value is -2.01. The van der Waals surface area contributed by atoms with Crippen LogP contribution in [0.25, 0.3) is 0 Å². The lowest BCUT2D eigenvalue weighted by Gasteiger charge is -2.37. The third kappa shape index (κ3) is 3.03. The zero-order chi connectivity index (χ0) is 14.8. The lowest BCUT2D eigenvalue weighted by atomic mass is 10.2. The molecule has 0 saturated carbocycles. The van der Waals surface area contributed by atoms with Crippen molar-refractivity contribution in [2.45, 2.75) is 6.92 Å². The fraction of sp³-hybridized carbons (Fsp3) is 0.333. The van der Waals surface area contributed by atoms with E-state index < -0.39 is 0 Å². The van der Waals surface area contributed by atoms with E-state index >= 15 is 0 Å². The molecule has 110 valence electrons. The van der Waals surface area contributed by atoms with Crippen LogP contribution in [-0.2, 0) is 0 Å². The van der Waals surface area contributed by atoms with Crippen LogP contribution in [0.3, 0.4) is 0 Å². The summed E-state index contributed by atoms with van der Waals surface area (Å²) in [6, 6.07) is 8.58. The highest BCUT2D eigenvalue weighted by atomic mass is 35.5. The van der Waals surface area contributed by atoms with E-state index in [1.807, 2.05) is 0 Å². The fourth-order valence-corrected chi connectivity index (χ4v) is 2.80. The Morgan fingerprint density at radius 1 is 1.14 bits per heavy atom. The first kappa shape index (κ1) is 13.9. The maximum atomic E-state index is 6.17. The molecule has 1 saturated heterocycles. The number of nitrogen functional groups attached to an aromatic ring is 1. The van der Waals surface area contributed by atoms with Gasteiger partial charge in [0, 0.05) is 31.9 Å². The third-order valence-corrected chi connectivity index (χ3v) is 3.96. The molecule has 2 aromatic rings. The Balaban J connectivity index is 1.72. The van der Waals surface area contributed by atoms with Crippen molar-refractivity contribution < 1.29 is 0 Å². The monoisotopic (exact) mass is 303 g/mol. The van der Waals surface area contributed by atoms with Crippen molar-refractivity contribution in [1.29, 1.82) is 0 Å². The quantitative estimate of drug-likeness (QED) is 0.923. The molecule has 1 aromatic carbocycles. The molecule has 1 aromatic heterocycles. The molecule has 3 rings (SSSR count). The van der Waals surface area contributed by atoms with E-state index in [1.54, 1.807) is 6.20 Å². The lowest BCUT2D eigenvalue weighted by Crippen LogP contribution is -2.47. The number of anilines is 3. The van der Waals surface area contributed by atoms with Crippen molar-refractivity contribution in [3.63, 3.8) is 0 Å². The van der Waals surface area contributed by atoms with Gasteiger partial charge in [0.25, 0.3) is 0 Å². The van der Waals surface area contributed by atoms with Gasteiger partial charge in [0.1, 0.15) is 5.02 Å². The summed E-state index contributed by atoms with van der Waals surface area (Å²) in [5.74, 6) is 0.989. The predicted octanol–water partition coefficient (Wildman–Crippen LogP) is 2.35. The molecule has 0 atom stereocenters. The van der Waals surface area contributed by atoms with Gasteiger partial charge in [-0.25, -0.2) is 4.98 Å². The van der Waals surface area contributed by atoms with Crippen molar-refractivity contribution in [3.8, 4) is 0 Å². The zero-order valence-corrected chi connectivity index (χ0v) is 12.7. The molecule has 21 heavy (non-hydrogen) atoms. The van der Waals surface area contributed by atoms with Gasteiger partial charge in [-0.3, -0.25) is 0 Å². The summed E-state index contributed by atoms with van der Waals surface area (Å²) in [5.41, 5.74) is 8.20. The molecule has 2 N–H and O–H groups in total. The van der Waals surface area contributed by atoms with Gasteiger partial charge in [-0.1, -0.05) is 23.7 Å². The van der Waals surface area contributed by atoms with Crippen LogP contribution in [0.4, 0.5) is 17.5 Å². The molecule has 1 aliphatic rings. The average Bonchev–Trinajstić information content (AvgIpc) is 2.50. The molecule has 0 aliphatic carbocycles. The smallest absolute Gasteiger partial charge is 0.222 e. The molecule has 0 spiro atoms. The SMILES string of the molecule is Cc1cccc(N2CCN(c3nc(N)ncc3Cl)CC2)c1. The second kappa shape index (κ2) is 5.77. The molecule has 2 heterocycles. The minimum absolute atomic E-state index is 0.260. The van der Waals surface area contributed by atoms with Gasteiger partial charge in [0.2, 0.25) is 5.95 Å². The van der Waals surface area contributed by atoms with Gasteiger partial charge in [0.05, 0.1) is 6.20 Å². The molecular weight excluding hydrogens is 286 g/mol. The second-order valence-electron chi connectivity index (χ2n) is 5.21. The van der Waals surface area contributed by atoms with Gasteiger partial charge >= 0.3 is 0 Å². The maximum absolute atomic E-state index is 6.17. The minimum Gasteiger partial charge on any atom is -0.368 e. The number of hydrogen-bond acceptors (Lipinski definition) is 5. The predicted molar refractivity (Wildman–Crippen MR) is 87.1 cm³/mol. The van der Waals surface area contributed by atoms with Gasteiger partial charge in [0.15, 0.2) is 5.82 Å². The first-order valence-electron chi connectivity index (χ1n) is 6.98. The molecule has 0 amide bonds. The second-order valence-corrected chi connectivity index (χ2v) is 5.62. The first-order chi connectivity index (χ1) is 10.1. The normalized spacial score (nSPS) is 15.3. The van der Waals surface area contributed by atoms with Crippen LogP contribution in [0.15, 0.2) is 30.5 Å². The van der Waals surface area contributed by atoms with Crippen LogP contribution in [0.5, 0.6) is 0 Å². The summed E-state index contributed by atoms with van der Waals surface area (Å²) in [7, 11) is 0. The Labute approximate surface area is 129 Å². The number of piperazine rings is 1. The standard InChI is InChI=1S/C15H18ClN5/c1-11-3-2-4-12(9-11)20-5-7-21(8-6-20)14-13(16)10-18-15(17)19-14/h2-4,9-10H,5-8H2,1H3,(H2,17,18,19). The number of benzene rings is 1. The Bertz CT molecular complexity index is 638. The third-order valence-electron chi connectivity index (χ3n) is 3.69. The number of hydrogen-bond donors (Lipinski definition) is 1. The number of rotatable bonds is 2. The summed E-state index contributed by atoms with van der Waals surface area (Å²) in [6.45, 7) is 5.71. The van der Waals surface area contributed by atoms with Crippen molar-refractivity contribution in [3.05, 3.63) is 41.0 Å². The van der Waals surface area contributed by atoms with Crippen LogP contribution >= 0.6 is 11.6 Å². The van der Waals surface area contributed by atoms with Crippen LogP contribution in [0.2, 0.25) is 5.02 Å². The summed E-state index contributed by atoms with van der Waals surface area (Å²) in [4.78, 5) is 12.7. The van der Waals surface area contributed by atoms with E-state index in [2.05, 4.69) is 51.0 Å².